The van der Waals surface area contributed by atoms with E-state index < -0.39 is 0 Å². The summed E-state index contributed by atoms with van der Waals surface area (Å²) in [5.74, 6) is 0. The fourth-order valence-electron chi connectivity index (χ4n) is 1.95. The van der Waals surface area contributed by atoms with Gasteiger partial charge in [-0.15, -0.1) is 0 Å². The molecule has 2 rings (SSSR count). The Balaban J connectivity index is 0.00000132. The van der Waals surface area contributed by atoms with Gasteiger partial charge in [-0.05, 0) is 31.2 Å². The summed E-state index contributed by atoms with van der Waals surface area (Å²) in [5.41, 5.74) is 25.0. The lowest BCUT2D eigenvalue weighted by Gasteiger charge is -2.10. The number of aliphatic hydroxyl groups is 1. The number of rotatable bonds is 5. The molecule has 0 radical (unpaired) electrons. The summed E-state index contributed by atoms with van der Waals surface area (Å²) in [6, 6.07) is 18.1. The van der Waals surface area contributed by atoms with Crippen molar-refractivity contribution in [3.05, 3.63) is 69.7 Å². The zero-order valence-electron chi connectivity index (χ0n) is 15.8. The van der Waals surface area contributed by atoms with Crippen molar-refractivity contribution in [1.82, 2.24) is 0 Å². The average Bonchev–Trinajstić information content (AvgIpc) is 2.70. The van der Waals surface area contributed by atoms with Gasteiger partial charge in [0.25, 0.3) is 0 Å². The van der Waals surface area contributed by atoms with Crippen molar-refractivity contribution in [3.8, 4) is 12.1 Å². The number of nitrogen functional groups attached to an aromatic ring is 2. The van der Waals surface area contributed by atoms with Crippen LogP contribution in [0.15, 0.2) is 79.5 Å². The van der Waals surface area contributed by atoms with Crippen molar-refractivity contribution in [3.63, 3.8) is 0 Å². The Kier molecular flexibility index (Phi) is 10.1. The van der Waals surface area contributed by atoms with Crippen LogP contribution in [0.4, 0.5) is 11.4 Å². The van der Waals surface area contributed by atoms with Gasteiger partial charge in [-0.1, -0.05) is 47.8 Å². The zero-order valence-corrected chi connectivity index (χ0v) is 17.4. The quantitative estimate of drug-likeness (QED) is 0.208. The number of hydrogen-bond donors (Lipinski definition) is 5. The molecule has 9 N–H and O–H groups in total. The van der Waals surface area contributed by atoms with Gasteiger partial charge in [-0.3, -0.25) is 0 Å². The number of thioether (sulfide) groups is 2. The molecule has 0 fully saturated rings. The molecule has 0 saturated heterocycles. The van der Waals surface area contributed by atoms with E-state index in [1.807, 2.05) is 24.3 Å². The number of hydrogen-bond acceptors (Lipinski definition) is 9. The van der Waals surface area contributed by atoms with E-state index in [9.17, 15) is 10.5 Å². The molecular weight excluding hydrogens is 404 g/mol. The topological polar surface area (TPSA) is 172 Å². The minimum absolute atomic E-state index is 0.000237. The SMILES string of the molecule is CCO.N#CC(=C(\N)Sc1ccccc1N)/C(C#N)=C(/N)Sc1ccccc1N. The summed E-state index contributed by atoms with van der Waals surface area (Å²) in [6.45, 7) is 1.93. The third-order valence-electron chi connectivity index (χ3n) is 3.24. The number of allylic oxidation sites excluding steroid dienone is 2. The molecule has 0 heterocycles. The Morgan fingerprint density at radius 1 is 0.828 bits per heavy atom. The smallest absolute Gasteiger partial charge is 0.103 e. The number of aliphatic hydroxyl groups excluding tert-OH is 1. The molecule has 0 aromatic heterocycles. The van der Waals surface area contributed by atoms with Gasteiger partial charge in [-0.25, -0.2) is 0 Å². The molecule has 2 aromatic carbocycles. The van der Waals surface area contributed by atoms with Crippen molar-refractivity contribution < 1.29 is 5.11 Å². The largest absolute Gasteiger partial charge is 0.398 e. The highest BCUT2D eigenvalue weighted by atomic mass is 32.2. The molecule has 0 atom stereocenters. The minimum atomic E-state index is 0.000237. The molecule has 9 heteroatoms. The lowest BCUT2D eigenvalue weighted by atomic mass is 10.1. The number of nitriles is 2. The van der Waals surface area contributed by atoms with Crippen LogP contribution in [0.25, 0.3) is 0 Å². The number of anilines is 2. The fourth-order valence-corrected chi connectivity index (χ4v) is 3.59. The van der Waals surface area contributed by atoms with E-state index >= 15 is 0 Å². The molecule has 0 spiro atoms. The number of nitrogens with two attached hydrogens (primary N) is 4. The van der Waals surface area contributed by atoms with Gasteiger partial charge < -0.3 is 28.0 Å². The second-order valence-electron chi connectivity index (χ2n) is 5.30. The number of benzene rings is 2. The predicted molar refractivity (Wildman–Crippen MR) is 120 cm³/mol. The second-order valence-corrected chi connectivity index (χ2v) is 7.47. The van der Waals surface area contributed by atoms with E-state index in [0.29, 0.717) is 21.2 Å². The molecule has 0 aliphatic rings. The standard InChI is InChI=1S/C18H16N6S2.C2H6O/c19-9-11(17(23)25-15-7-3-1-5-13(15)21)12(10-20)18(24)26-16-8-4-2-6-14(16)22;1-2-3/h1-8H,21-24H2;3H,2H2,1H3/b17-11-,18-12-;. The average molecular weight is 427 g/mol. The first-order valence-electron chi connectivity index (χ1n) is 8.35. The number of nitrogens with zero attached hydrogens (tertiary/aromatic N) is 2. The Bertz CT molecular complexity index is 909. The summed E-state index contributed by atoms with van der Waals surface area (Å²) in [5, 5.41) is 26.9. The van der Waals surface area contributed by atoms with Gasteiger partial charge in [0, 0.05) is 27.8 Å². The van der Waals surface area contributed by atoms with E-state index in [0.717, 1.165) is 23.5 Å². The van der Waals surface area contributed by atoms with Gasteiger partial charge in [-0.2, -0.15) is 10.5 Å². The summed E-state index contributed by atoms with van der Waals surface area (Å²) < 4.78 is 0. The Morgan fingerprint density at radius 2 is 1.14 bits per heavy atom. The summed E-state index contributed by atoms with van der Waals surface area (Å²) in [4.78, 5) is 1.38. The maximum absolute atomic E-state index is 9.51. The van der Waals surface area contributed by atoms with Crippen LogP contribution in [0, 0.1) is 22.7 Å². The van der Waals surface area contributed by atoms with Crippen LogP contribution in [0.3, 0.4) is 0 Å². The highest BCUT2D eigenvalue weighted by molar-refractivity contribution is 8.03. The normalized spacial score (nSPS) is 11.7. The van der Waals surface area contributed by atoms with Crippen molar-refractivity contribution in [2.45, 2.75) is 16.7 Å². The van der Waals surface area contributed by atoms with Crippen LogP contribution in [0.2, 0.25) is 0 Å². The highest BCUT2D eigenvalue weighted by Crippen LogP contribution is 2.35. The maximum Gasteiger partial charge on any atom is 0.103 e. The Hall–Kier alpha value is -3.24. The van der Waals surface area contributed by atoms with Gasteiger partial charge >= 0.3 is 0 Å². The highest BCUT2D eigenvalue weighted by Gasteiger charge is 2.16. The number of para-hydroxylation sites is 2. The first-order valence-corrected chi connectivity index (χ1v) is 9.98. The predicted octanol–water partition coefficient (Wildman–Crippen LogP) is 3.12. The van der Waals surface area contributed by atoms with Crippen molar-refractivity contribution in [2.24, 2.45) is 11.5 Å². The van der Waals surface area contributed by atoms with Crippen LogP contribution in [0.5, 0.6) is 0 Å². The van der Waals surface area contributed by atoms with E-state index in [1.165, 1.54) is 0 Å². The van der Waals surface area contributed by atoms with Crippen LogP contribution in [0.1, 0.15) is 6.92 Å². The van der Waals surface area contributed by atoms with Crippen LogP contribution >= 0.6 is 23.5 Å². The zero-order chi connectivity index (χ0) is 21.8. The Labute approximate surface area is 178 Å². The van der Waals surface area contributed by atoms with Gasteiger partial charge in [0.15, 0.2) is 0 Å². The molecule has 0 saturated carbocycles. The molecule has 0 unspecified atom stereocenters. The first-order chi connectivity index (χ1) is 13.9. The molecule has 150 valence electrons. The third-order valence-corrected chi connectivity index (χ3v) is 5.28. The second kappa shape index (κ2) is 12.3. The molecule has 29 heavy (non-hydrogen) atoms. The van der Waals surface area contributed by atoms with E-state index in [4.69, 9.17) is 28.0 Å². The molecule has 2 aromatic rings. The summed E-state index contributed by atoms with van der Waals surface area (Å²) in [6.07, 6.45) is 0. The summed E-state index contributed by atoms with van der Waals surface area (Å²) in [7, 11) is 0. The van der Waals surface area contributed by atoms with Gasteiger partial charge in [0.2, 0.25) is 0 Å². The molecule has 0 bridgehead atoms. The minimum Gasteiger partial charge on any atom is -0.398 e. The third kappa shape index (κ3) is 7.01. The molecule has 0 aliphatic carbocycles. The van der Waals surface area contributed by atoms with Crippen molar-refractivity contribution >= 4 is 34.9 Å². The van der Waals surface area contributed by atoms with E-state index in [2.05, 4.69) is 0 Å². The van der Waals surface area contributed by atoms with E-state index in [1.54, 1.807) is 43.3 Å². The van der Waals surface area contributed by atoms with Gasteiger partial charge in [0.05, 0.1) is 10.1 Å². The molecule has 7 nitrogen and oxygen atoms in total. The van der Waals surface area contributed by atoms with E-state index in [-0.39, 0.29) is 27.8 Å². The van der Waals surface area contributed by atoms with Crippen LogP contribution in [-0.4, -0.2) is 11.7 Å². The van der Waals surface area contributed by atoms with Crippen molar-refractivity contribution in [2.75, 3.05) is 18.1 Å². The monoisotopic (exact) mass is 426 g/mol. The lowest BCUT2D eigenvalue weighted by Crippen LogP contribution is -2.06. The lowest BCUT2D eigenvalue weighted by molar-refractivity contribution is 0.318. The van der Waals surface area contributed by atoms with Crippen molar-refractivity contribution in [1.29, 1.82) is 10.5 Å². The van der Waals surface area contributed by atoms with Crippen LogP contribution < -0.4 is 22.9 Å². The van der Waals surface area contributed by atoms with Gasteiger partial charge in [0.1, 0.15) is 23.3 Å². The van der Waals surface area contributed by atoms with Crippen LogP contribution in [-0.2, 0) is 0 Å². The maximum atomic E-state index is 9.51. The molecular formula is C20H22N6OS2. The fraction of sp³-hybridized carbons (Fsp3) is 0.100. The molecule has 0 amide bonds. The summed E-state index contributed by atoms with van der Waals surface area (Å²) >= 11 is 2.22. The molecule has 0 aliphatic heterocycles. The first kappa shape index (κ1) is 23.8. The Morgan fingerprint density at radius 3 is 1.41 bits per heavy atom.